The van der Waals surface area contributed by atoms with Crippen LogP contribution in [0.5, 0.6) is 5.88 Å². The molecule has 0 saturated carbocycles. The maximum absolute atomic E-state index is 5.15. The van der Waals surface area contributed by atoms with Crippen LogP contribution in [0.1, 0.15) is 34.2 Å². The minimum Gasteiger partial charge on any atom is -0.481 e. The molecule has 1 atom stereocenters. The van der Waals surface area contributed by atoms with E-state index in [9.17, 15) is 0 Å². The lowest BCUT2D eigenvalue weighted by Gasteiger charge is -2.16. The normalized spacial score (nSPS) is 12.4. The van der Waals surface area contributed by atoms with Crippen LogP contribution < -0.4 is 10.1 Å². The Bertz CT molecular complexity index is 570. The van der Waals surface area contributed by atoms with Crippen LogP contribution in [0, 0.1) is 13.8 Å². The highest BCUT2D eigenvalue weighted by molar-refractivity contribution is 7.11. The number of hydrogen-bond donors (Lipinski definition) is 1. The number of methoxy groups -OCH3 is 1. The molecule has 0 aromatic carbocycles. The Balaban J connectivity index is 2.22. The minimum atomic E-state index is 0.228. The van der Waals surface area contributed by atoms with Gasteiger partial charge in [-0.05, 0) is 20.4 Å². The van der Waals surface area contributed by atoms with Gasteiger partial charge in [0.1, 0.15) is 6.33 Å². The van der Waals surface area contributed by atoms with Crippen molar-refractivity contribution >= 4 is 11.3 Å². The van der Waals surface area contributed by atoms with Crippen molar-refractivity contribution in [1.29, 1.82) is 0 Å². The first-order chi connectivity index (χ1) is 9.63. The molecule has 0 fully saturated rings. The number of thiazole rings is 1. The van der Waals surface area contributed by atoms with Crippen molar-refractivity contribution in [3.05, 3.63) is 33.7 Å². The van der Waals surface area contributed by atoms with E-state index in [2.05, 4.69) is 34.1 Å². The Hall–Kier alpha value is -1.53. The van der Waals surface area contributed by atoms with E-state index in [0.717, 1.165) is 29.4 Å². The van der Waals surface area contributed by atoms with Crippen molar-refractivity contribution in [1.82, 2.24) is 20.3 Å². The summed E-state index contributed by atoms with van der Waals surface area (Å²) in [6, 6.07) is 2.11. The zero-order chi connectivity index (χ0) is 14.5. The van der Waals surface area contributed by atoms with Gasteiger partial charge < -0.3 is 10.1 Å². The van der Waals surface area contributed by atoms with Gasteiger partial charge >= 0.3 is 0 Å². The topological polar surface area (TPSA) is 59.9 Å². The Labute approximate surface area is 123 Å². The number of aryl methyl sites for hydroxylation is 2. The quantitative estimate of drug-likeness (QED) is 0.886. The molecule has 0 saturated heterocycles. The Morgan fingerprint density at radius 2 is 2.15 bits per heavy atom. The van der Waals surface area contributed by atoms with Crippen LogP contribution in [-0.4, -0.2) is 28.6 Å². The van der Waals surface area contributed by atoms with Crippen LogP contribution in [0.4, 0.5) is 0 Å². The fourth-order valence-corrected chi connectivity index (χ4v) is 3.19. The summed E-state index contributed by atoms with van der Waals surface area (Å²) in [6.45, 7) is 7.11. The number of rotatable bonds is 6. The van der Waals surface area contributed by atoms with Gasteiger partial charge in [-0.15, -0.1) is 11.3 Å². The van der Waals surface area contributed by atoms with Crippen molar-refractivity contribution in [2.75, 3.05) is 13.7 Å². The largest absolute Gasteiger partial charge is 0.481 e. The second-order valence-electron chi connectivity index (χ2n) is 4.55. The first-order valence-electron chi connectivity index (χ1n) is 6.66. The highest BCUT2D eigenvalue weighted by Gasteiger charge is 2.18. The molecule has 2 aromatic heterocycles. The minimum absolute atomic E-state index is 0.228. The van der Waals surface area contributed by atoms with Crippen LogP contribution in [0.25, 0.3) is 0 Å². The van der Waals surface area contributed by atoms with Gasteiger partial charge in [0.25, 0.3) is 0 Å². The molecule has 0 aliphatic rings. The molecule has 0 amide bonds. The molecule has 6 heteroatoms. The molecule has 1 N–H and O–H groups in total. The van der Waals surface area contributed by atoms with E-state index in [-0.39, 0.29) is 6.04 Å². The van der Waals surface area contributed by atoms with Gasteiger partial charge in [0.15, 0.2) is 0 Å². The monoisotopic (exact) mass is 292 g/mol. The highest BCUT2D eigenvalue weighted by Crippen LogP contribution is 2.27. The van der Waals surface area contributed by atoms with Gasteiger partial charge in [0, 0.05) is 29.1 Å². The van der Waals surface area contributed by atoms with E-state index in [1.54, 1.807) is 24.8 Å². The average molecular weight is 292 g/mol. The molecular formula is C14H20N4OS. The summed E-state index contributed by atoms with van der Waals surface area (Å²) in [7, 11) is 1.62. The molecule has 0 radical (unpaired) electrons. The summed E-state index contributed by atoms with van der Waals surface area (Å²) in [5, 5.41) is 4.61. The predicted molar refractivity (Wildman–Crippen MR) is 80.3 cm³/mol. The first-order valence-corrected chi connectivity index (χ1v) is 7.48. The fraction of sp³-hybridized carbons (Fsp3) is 0.500. The van der Waals surface area contributed by atoms with Gasteiger partial charge in [-0.2, -0.15) is 0 Å². The van der Waals surface area contributed by atoms with Crippen LogP contribution in [0.15, 0.2) is 12.4 Å². The van der Waals surface area contributed by atoms with Gasteiger partial charge in [-0.1, -0.05) is 6.92 Å². The van der Waals surface area contributed by atoms with Gasteiger partial charge in [0.2, 0.25) is 5.88 Å². The number of aromatic nitrogens is 3. The fourth-order valence-electron chi connectivity index (χ4n) is 2.18. The number of ether oxygens (including phenoxy) is 1. The maximum atomic E-state index is 5.15. The van der Waals surface area contributed by atoms with E-state index >= 15 is 0 Å². The SMILES string of the molecule is CCNC(Cc1cc(OC)ncn1)c1sc(C)nc1C. The van der Waals surface area contributed by atoms with Crippen LogP contribution in [-0.2, 0) is 6.42 Å². The third kappa shape index (κ3) is 3.52. The Kier molecular flexibility index (Phi) is 5.03. The third-order valence-electron chi connectivity index (χ3n) is 3.03. The van der Waals surface area contributed by atoms with Crippen molar-refractivity contribution < 1.29 is 4.74 Å². The maximum Gasteiger partial charge on any atom is 0.216 e. The summed E-state index contributed by atoms with van der Waals surface area (Å²) in [5.41, 5.74) is 2.06. The molecule has 20 heavy (non-hydrogen) atoms. The zero-order valence-corrected chi connectivity index (χ0v) is 13.1. The molecule has 2 aromatic rings. The second kappa shape index (κ2) is 6.76. The average Bonchev–Trinajstić information content (AvgIpc) is 2.77. The van der Waals surface area contributed by atoms with Crippen molar-refractivity contribution in [2.45, 2.75) is 33.2 Å². The summed E-state index contributed by atoms with van der Waals surface area (Å²) in [4.78, 5) is 14.2. The Morgan fingerprint density at radius 1 is 1.35 bits per heavy atom. The van der Waals surface area contributed by atoms with E-state index < -0.39 is 0 Å². The number of hydrogen-bond acceptors (Lipinski definition) is 6. The molecule has 0 spiro atoms. The third-order valence-corrected chi connectivity index (χ3v) is 4.21. The van der Waals surface area contributed by atoms with Crippen LogP contribution >= 0.6 is 11.3 Å². The standard InChI is InChI=1S/C14H20N4OS/c1-5-15-12(14-9(2)18-10(3)20-14)6-11-7-13(19-4)17-8-16-11/h7-8,12,15H,5-6H2,1-4H3. The van der Waals surface area contributed by atoms with Gasteiger partial charge in [-0.25, -0.2) is 15.0 Å². The molecule has 5 nitrogen and oxygen atoms in total. The molecule has 0 aliphatic carbocycles. The lowest BCUT2D eigenvalue weighted by atomic mass is 10.1. The van der Waals surface area contributed by atoms with E-state index in [0.29, 0.717) is 5.88 Å². The Morgan fingerprint density at radius 3 is 2.75 bits per heavy atom. The molecule has 1 unspecified atom stereocenters. The van der Waals surface area contributed by atoms with Crippen molar-refractivity contribution in [2.24, 2.45) is 0 Å². The summed E-state index contributed by atoms with van der Waals surface area (Å²) in [5.74, 6) is 0.599. The molecular weight excluding hydrogens is 272 g/mol. The van der Waals surface area contributed by atoms with Crippen LogP contribution in [0.3, 0.4) is 0 Å². The van der Waals surface area contributed by atoms with Gasteiger partial charge in [0.05, 0.1) is 17.8 Å². The van der Waals surface area contributed by atoms with E-state index in [1.165, 1.54) is 4.88 Å². The van der Waals surface area contributed by atoms with Crippen molar-refractivity contribution in [3.8, 4) is 5.88 Å². The summed E-state index contributed by atoms with van der Waals surface area (Å²) >= 11 is 1.74. The number of nitrogens with one attached hydrogen (secondary N) is 1. The summed E-state index contributed by atoms with van der Waals surface area (Å²) < 4.78 is 5.15. The van der Waals surface area contributed by atoms with E-state index in [1.807, 2.05) is 13.0 Å². The molecule has 0 bridgehead atoms. The predicted octanol–water partition coefficient (Wildman–Crippen LogP) is 2.45. The summed E-state index contributed by atoms with van der Waals surface area (Å²) in [6.07, 6.45) is 2.34. The molecule has 2 heterocycles. The number of nitrogens with zero attached hydrogens (tertiary/aromatic N) is 3. The number of likely N-dealkylation sites (N-methyl/N-ethyl adjacent to an activating group) is 1. The lowest BCUT2D eigenvalue weighted by Crippen LogP contribution is -2.23. The first kappa shape index (κ1) is 14.9. The zero-order valence-electron chi connectivity index (χ0n) is 12.3. The second-order valence-corrected chi connectivity index (χ2v) is 5.78. The molecule has 108 valence electrons. The van der Waals surface area contributed by atoms with E-state index in [4.69, 9.17) is 4.74 Å². The smallest absolute Gasteiger partial charge is 0.216 e. The van der Waals surface area contributed by atoms with Crippen molar-refractivity contribution in [3.63, 3.8) is 0 Å². The van der Waals surface area contributed by atoms with Crippen LogP contribution in [0.2, 0.25) is 0 Å². The molecule has 0 aliphatic heterocycles. The highest BCUT2D eigenvalue weighted by atomic mass is 32.1. The molecule has 2 rings (SSSR count). The lowest BCUT2D eigenvalue weighted by molar-refractivity contribution is 0.395. The van der Waals surface area contributed by atoms with Gasteiger partial charge in [-0.3, -0.25) is 0 Å².